The topological polar surface area (TPSA) is 97.4 Å². The van der Waals surface area contributed by atoms with Crippen molar-refractivity contribution in [2.45, 2.75) is 38.6 Å². The maximum Gasteiger partial charge on any atom is 0.352 e. The van der Waals surface area contributed by atoms with E-state index in [1.807, 2.05) is 12.1 Å². The third-order valence-corrected chi connectivity index (χ3v) is 7.12. The highest BCUT2D eigenvalue weighted by molar-refractivity contribution is 7.22. The maximum absolute atomic E-state index is 12.8. The minimum Gasteiger partial charge on any atom is -0.348 e. The van der Waals surface area contributed by atoms with E-state index in [0.717, 1.165) is 60.7 Å². The van der Waals surface area contributed by atoms with Gasteiger partial charge in [0.2, 0.25) is 5.91 Å². The Morgan fingerprint density at radius 2 is 1.97 bits per heavy atom. The van der Waals surface area contributed by atoms with E-state index in [-0.39, 0.29) is 18.1 Å². The Bertz CT molecular complexity index is 1380. The molecule has 0 bridgehead atoms. The van der Waals surface area contributed by atoms with Gasteiger partial charge < -0.3 is 10.2 Å². The summed E-state index contributed by atoms with van der Waals surface area (Å²) in [5.74, 6) is -0.283. The molecule has 0 atom stereocenters. The second-order valence-electron chi connectivity index (χ2n) is 8.11. The van der Waals surface area contributed by atoms with Crippen molar-refractivity contribution in [3.05, 3.63) is 46.1 Å². The largest absolute Gasteiger partial charge is 0.352 e. The van der Waals surface area contributed by atoms with E-state index in [9.17, 15) is 9.59 Å². The molecule has 0 unspecified atom stereocenters. The summed E-state index contributed by atoms with van der Waals surface area (Å²) in [6.45, 7) is 1.82. The SMILES string of the molecule is O=C(Cn1nc2c3sc(N4CCCC4)nc3ncn2c1=O)Nc1ccc2c(c1)CCC2. The molecule has 9 nitrogen and oxygen atoms in total. The molecule has 6 rings (SSSR count). The minimum atomic E-state index is -0.385. The summed E-state index contributed by atoms with van der Waals surface area (Å²) in [5.41, 5.74) is 4.08. The van der Waals surface area contributed by atoms with Gasteiger partial charge in [-0.05, 0) is 55.4 Å². The van der Waals surface area contributed by atoms with Crippen molar-refractivity contribution in [1.82, 2.24) is 24.1 Å². The first-order chi connectivity index (χ1) is 15.2. The molecule has 0 saturated carbocycles. The van der Waals surface area contributed by atoms with Crippen molar-refractivity contribution < 1.29 is 4.79 Å². The lowest BCUT2D eigenvalue weighted by Gasteiger charge is -2.11. The minimum absolute atomic E-state index is 0.156. The number of carbonyl (C=O) groups is 1. The molecular formula is C21H21N7O2S. The van der Waals surface area contributed by atoms with Gasteiger partial charge in [-0.15, -0.1) is 5.10 Å². The highest BCUT2D eigenvalue weighted by atomic mass is 32.1. The molecule has 1 aromatic carbocycles. The van der Waals surface area contributed by atoms with Crippen LogP contribution in [0.3, 0.4) is 0 Å². The molecule has 0 radical (unpaired) electrons. The van der Waals surface area contributed by atoms with E-state index in [2.05, 4.69) is 31.3 Å². The molecule has 0 spiro atoms. The number of anilines is 2. The number of rotatable bonds is 4. The van der Waals surface area contributed by atoms with Crippen molar-refractivity contribution in [3.8, 4) is 0 Å². The van der Waals surface area contributed by atoms with Gasteiger partial charge in [-0.3, -0.25) is 4.79 Å². The molecule has 4 aromatic rings. The summed E-state index contributed by atoms with van der Waals surface area (Å²) in [6, 6.07) is 6.01. The normalized spacial score (nSPS) is 15.8. The Labute approximate surface area is 181 Å². The van der Waals surface area contributed by atoms with Crippen LogP contribution >= 0.6 is 11.3 Å². The second kappa shape index (κ2) is 7.16. The van der Waals surface area contributed by atoms with Crippen molar-refractivity contribution in [2.75, 3.05) is 23.3 Å². The van der Waals surface area contributed by atoms with Crippen LogP contribution in [0.25, 0.3) is 16.0 Å². The quantitative estimate of drug-likeness (QED) is 0.528. The monoisotopic (exact) mass is 435 g/mol. The van der Waals surface area contributed by atoms with Gasteiger partial charge >= 0.3 is 5.69 Å². The summed E-state index contributed by atoms with van der Waals surface area (Å²) in [7, 11) is 0. The zero-order valence-corrected chi connectivity index (χ0v) is 17.7. The number of nitrogens with one attached hydrogen (secondary N) is 1. The van der Waals surface area contributed by atoms with E-state index >= 15 is 0 Å². The molecule has 2 aliphatic rings. The van der Waals surface area contributed by atoms with Crippen molar-refractivity contribution in [3.63, 3.8) is 0 Å². The number of hydrogen-bond donors (Lipinski definition) is 1. The van der Waals surface area contributed by atoms with Gasteiger partial charge in [0.25, 0.3) is 0 Å². The number of aromatic nitrogens is 5. The number of fused-ring (bicyclic) bond motifs is 4. The van der Waals surface area contributed by atoms with E-state index in [0.29, 0.717) is 11.3 Å². The van der Waals surface area contributed by atoms with Crippen LogP contribution in [0.1, 0.15) is 30.4 Å². The van der Waals surface area contributed by atoms with Crippen LogP contribution < -0.4 is 15.9 Å². The smallest absolute Gasteiger partial charge is 0.348 e. The number of carbonyl (C=O) groups excluding carboxylic acids is 1. The lowest BCUT2D eigenvalue weighted by Crippen LogP contribution is -2.28. The number of nitrogens with zero attached hydrogens (tertiary/aromatic N) is 6. The van der Waals surface area contributed by atoms with Crippen LogP contribution in [0.4, 0.5) is 10.8 Å². The summed E-state index contributed by atoms with van der Waals surface area (Å²) >= 11 is 1.50. The number of thiazole rings is 1. The zero-order valence-electron chi connectivity index (χ0n) is 16.9. The summed E-state index contributed by atoms with van der Waals surface area (Å²) in [6.07, 6.45) is 7.05. The Hall–Kier alpha value is -3.27. The maximum atomic E-state index is 12.8. The summed E-state index contributed by atoms with van der Waals surface area (Å²) in [4.78, 5) is 36.6. The number of benzene rings is 1. The summed E-state index contributed by atoms with van der Waals surface area (Å²) < 4.78 is 3.34. The second-order valence-corrected chi connectivity index (χ2v) is 9.08. The predicted molar refractivity (Wildman–Crippen MR) is 119 cm³/mol. The van der Waals surface area contributed by atoms with Crippen molar-refractivity contribution >= 4 is 44.1 Å². The Morgan fingerprint density at radius 1 is 1.13 bits per heavy atom. The Morgan fingerprint density at radius 3 is 2.84 bits per heavy atom. The number of aryl methyl sites for hydroxylation is 2. The van der Waals surface area contributed by atoms with Crippen LogP contribution in [0.5, 0.6) is 0 Å². The fourth-order valence-corrected chi connectivity index (χ4v) is 5.51. The molecular weight excluding hydrogens is 414 g/mol. The fraction of sp³-hybridized carbons (Fsp3) is 0.381. The third-order valence-electron chi connectivity index (χ3n) is 6.02. The molecule has 1 amide bonds. The van der Waals surface area contributed by atoms with Gasteiger partial charge in [-0.2, -0.15) is 4.98 Å². The van der Waals surface area contributed by atoms with Crippen LogP contribution in [0.2, 0.25) is 0 Å². The Kier molecular flexibility index (Phi) is 4.27. The first-order valence-corrected chi connectivity index (χ1v) is 11.4. The van der Waals surface area contributed by atoms with Crippen LogP contribution in [0, 0.1) is 0 Å². The number of amides is 1. The lowest BCUT2D eigenvalue weighted by molar-refractivity contribution is -0.117. The molecule has 31 heavy (non-hydrogen) atoms. The van der Waals surface area contributed by atoms with Crippen LogP contribution in [-0.2, 0) is 24.2 Å². The van der Waals surface area contributed by atoms with Gasteiger partial charge in [0.1, 0.15) is 17.6 Å². The third kappa shape index (κ3) is 3.18. The van der Waals surface area contributed by atoms with Gasteiger partial charge in [0.05, 0.1) is 0 Å². The molecule has 158 valence electrons. The van der Waals surface area contributed by atoms with E-state index in [1.54, 1.807) is 0 Å². The molecule has 3 aromatic heterocycles. The van der Waals surface area contributed by atoms with E-state index in [4.69, 9.17) is 0 Å². The zero-order chi connectivity index (χ0) is 20.9. The molecule has 1 N–H and O–H groups in total. The lowest BCUT2D eigenvalue weighted by atomic mass is 10.1. The van der Waals surface area contributed by atoms with E-state index in [1.165, 1.54) is 37.9 Å². The molecule has 1 aliphatic heterocycles. The van der Waals surface area contributed by atoms with Crippen molar-refractivity contribution in [2.24, 2.45) is 0 Å². The van der Waals surface area contributed by atoms with E-state index < -0.39 is 0 Å². The Balaban J connectivity index is 1.28. The standard InChI is InChI=1S/C21H21N7O2S/c29-16(23-15-7-6-13-4-3-5-14(13)10-15)11-28-21(30)27-12-22-18-17(19(27)25-28)31-20(24-18)26-8-1-2-9-26/h6-7,10,12H,1-5,8-9,11H2,(H,23,29). The first-order valence-electron chi connectivity index (χ1n) is 10.6. The van der Waals surface area contributed by atoms with Gasteiger partial charge in [-0.1, -0.05) is 17.4 Å². The van der Waals surface area contributed by atoms with Gasteiger partial charge in [-0.25, -0.2) is 18.9 Å². The fourth-order valence-electron chi connectivity index (χ4n) is 4.46. The predicted octanol–water partition coefficient (Wildman–Crippen LogP) is 2.23. The average Bonchev–Trinajstić information content (AvgIpc) is 3.54. The molecule has 4 heterocycles. The molecule has 1 aliphatic carbocycles. The van der Waals surface area contributed by atoms with Crippen LogP contribution in [-0.4, -0.2) is 43.1 Å². The summed E-state index contributed by atoms with van der Waals surface area (Å²) in [5, 5.41) is 8.23. The average molecular weight is 436 g/mol. The van der Waals surface area contributed by atoms with Crippen molar-refractivity contribution in [1.29, 1.82) is 0 Å². The highest BCUT2D eigenvalue weighted by Gasteiger charge is 2.21. The molecule has 1 fully saturated rings. The van der Waals surface area contributed by atoms with Gasteiger partial charge in [0.15, 0.2) is 16.4 Å². The van der Waals surface area contributed by atoms with Gasteiger partial charge in [0, 0.05) is 18.8 Å². The molecule has 10 heteroatoms. The van der Waals surface area contributed by atoms with Crippen LogP contribution in [0.15, 0.2) is 29.3 Å². The molecule has 1 saturated heterocycles. The first kappa shape index (κ1) is 18.5. The highest BCUT2D eigenvalue weighted by Crippen LogP contribution is 2.31. The number of hydrogen-bond acceptors (Lipinski definition) is 7.